The van der Waals surface area contributed by atoms with Gasteiger partial charge in [0.2, 0.25) is 11.9 Å². The number of aromatic nitrogens is 11. The third-order valence-corrected chi connectivity index (χ3v) is 20.3. The number of hydrogen-bond donors (Lipinski definition) is 21. The Morgan fingerprint density at radius 3 is 1.07 bits per heavy atom. The maximum atomic E-state index is 13.1. The molecule has 0 aliphatic heterocycles. The van der Waals surface area contributed by atoms with Crippen molar-refractivity contribution in [2.45, 2.75) is 91.5 Å². The maximum absolute atomic E-state index is 13.1. The van der Waals surface area contributed by atoms with Crippen LogP contribution in [0.1, 0.15) is 125 Å². The summed E-state index contributed by atoms with van der Waals surface area (Å²) in [4.78, 5) is 179. The second kappa shape index (κ2) is 48.8. The van der Waals surface area contributed by atoms with Crippen molar-refractivity contribution in [2.75, 3.05) is 107 Å². The number of amides is 12. The van der Waals surface area contributed by atoms with E-state index in [1.807, 2.05) is 86.6 Å². The van der Waals surface area contributed by atoms with E-state index >= 15 is 0 Å². The molecular formula is C92H98ClN29O14. The van der Waals surface area contributed by atoms with Crippen molar-refractivity contribution in [1.82, 2.24) is 76.1 Å². The van der Waals surface area contributed by atoms with E-state index in [0.717, 1.165) is 29.9 Å². The molecule has 2 aliphatic rings. The summed E-state index contributed by atoms with van der Waals surface area (Å²) in [5.41, 5.74) is 6.92. The number of anilines is 18. The number of aliphatic carboxylic acids is 3. The fourth-order valence-electron chi connectivity index (χ4n) is 12.8. The summed E-state index contributed by atoms with van der Waals surface area (Å²) in [5, 5.41) is 78.7. The standard InChI is InChI=1S/C25H28N8O4.C24H25ClN8O4.C23H24N6O4.C20H21N7O2/c1-2-26-24(37)33-20-11-19(31-16-7-4-3-5-8-16)18(14-27-20)21(34)32-17-12-28-23(29-13-17)30-15-25(22(35)36)9-6-10-25;1-2-26-23(37)32-19-10-18(30-15-6-4-14(25)5-7-15)17(13-27-19)20(34)31-16-11-28-22(29-12-16)33-24(21(35)36)8-3-9-24;1-2-24-23(33)29-20-12-19(27-16-6-4-3-5-7-16)18(14-26-20)22(32)28-17-9-8-15(25-13-17)10-11-21(30)31;1-3-22-20(29)27-18-9-17(25-15-7-6-13(2)23-11-15)16(12-24-18)19(28)26-14-5-4-8-21-10-14/h3-5,7-8,11-14H,2,6,9-10,15H2,1H3,(H,32,34)(H,35,36)(H,28,29,30)(H3,26,27,31,33,37);4-7,10-13H,2-3,8-9H2,1H3,(H,31,34)(H,35,36)(H,28,29,33)(H3,26,27,30,32,37);3-9,12-14H,2,10-11H2,1H3,(H,28,32)(H,30,31)(H3,24,26,27,29,33);4-12H,3H2,1-2H3,(H,26,28)(H3,22,24,25,27,29). The first-order chi connectivity index (χ1) is 65.6. The molecule has 9 aromatic heterocycles. The summed E-state index contributed by atoms with van der Waals surface area (Å²) in [6.07, 6.45) is 21.6. The van der Waals surface area contributed by atoms with E-state index in [1.54, 1.807) is 106 Å². The number of rotatable bonds is 34. The van der Waals surface area contributed by atoms with Crippen molar-refractivity contribution in [2.24, 2.45) is 5.41 Å². The maximum Gasteiger partial charge on any atom is 0.329 e. The van der Waals surface area contributed by atoms with Crippen molar-refractivity contribution in [3.8, 4) is 0 Å². The quantitative estimate of drug-likeness (QED) is 0.0178. The molecule has 136 heavy (non-hydrogen) atoms. The minimum Gasteiger partial charge on any atom is -0.481 e. The highest BCUT2D eigenvalue weighted by Crippen LogP contribution is 2.41. The topological polar surface area (TPSA) is 607 Å². The Kier molecular flexibility index (Phi) is 35.5. The average Bonchev–Trinajstić information content (AvgIpc) is 0.791. The highest BCUT2D eigenvalue weighted by Gasteiger charge is 2.46. The van der Waals surface area contributed by atoms with Gasteiger partial charge in [-0.15, -0.1) is 0 Å². The van der Waals surface area contributed by atoms with Crippen molar-refractivity contribution >= 4 is 181 Å². The molecule has 43 nitrogen and oxygen atoms in total. The highest BCUT2D eigenvalue weighted by atomic mass is 35.5. The fraction of sp³-hybridized carbons (Fsp3) is 0.217. The number of carbonyl (C=O) groups excluding carboxylic acids is 8. The van der Waals surface area contributed by atoms with E-state index in [2.05, 4.69) is 151 Å². The van der Waals surface area contributed by atoms with E-state index in [4.69, 9.17) is 16.7 Å². The third kappa shape index (κ3) is 29.7. The smallest absolute Gasteiger partial charge is 0.329 e. The minimum atomic E-state index is -1.05. The SMILES string of the molecule is CCNC(=O)Nc1cc(Nc2ccc(C)nc2)c(C(=O)Nc2cccnc2)cn1.CCNC(=O)Nc1cc(Nc2ccc(Cl)cc2)c(C(=O)Nc2cnc(NC3(C(=O)O)CCC3)nc2)cn1.CCNC(=O)Nc1cc(Nc2ccccc2)c(C(=O)Nc2ccc(CCC(=O)O)nc2)cn1.CCNC(=O)Nc1cc(Nc2ccccc2)c(C(=O)Nc2cnc(NCC3(C(=O)O)CCC3)nc2)cn1. The van der Waals surface area contributed by atoms with Crippen LogP contribution in [0.25, 0.3) is 0 Å². The number of halogens is 1. The van der Waals surface area contributed by atoms with Crippen LogP contribution < -0.4 is 95.7 Å². The Balaban J connectivity index is 0.000000175. The zero-order valence-corrected chi connectivity index (χ0v) is 74.9. The van der Waals surface area contributed by atoms with E-state index in [0.29, 0.717) is 137 Å². The van der Waals surface area contributed by atoms with Crippen LogP contribution in [-0.4, -0.2) is 174 Å². The fourth-order valence-corrected chi connectivity index (χ4v) is 12.9. The molecule has 0 bridgehead atoms. The summed E-state index contributed by atoms with van der Waals surface area (Å²) in [6, 6.07) is 40.6. The molecule has 0 unspecified atom stereocenters. The van der Waals surface area contributed by atoms with Crippen LogP contribution in [0.3, 0.4) is 0 Å². The number of carboxylic acids is 3. The summed E-state index contributed by atoms with van der Waals surface area (Å²) >= 11 is 5.97. The van der Waals surface area contributed by atoms with Crippen LogP contribution in [0.15, 0.2) is 220 Å². The number of para-hydroxylation sites is 2. The van der Waals surface area contributed by atoms with Crippen LogP contribution in [0.2, 0.25) is 5.02 Å². The monoisotopic (exact) mass is 1870 g/mol. The molecule has 2 aliphatic carbocycles. The summed E-state index contributed by atoms with van der Waals surface area (Å²) in [6.45, 7) is 11.2. The zero-order valence-electron chi connectivity index (χ0n) is 74.1. The van der Waals surface area contributed by atoms with Crippen molar-refractivity contribution < 1.29 is 68.1 Å². The molecule has 12 amide bonds. The van der Waals surface area contributed by atoms with Gasteiger partial charge in [-0.3, -0.25) is 65.0 Å². The Bertz CT molecular complexity index is 6160. The normalized spacial score (nSPS) is 12.0. The molecule has 14 rings (SSSR count). The van der Waals surface area contributed by atoms with E-state index in [9.17, 15) is 63.0 Å². The molecule has 12 aromatic rings. The molecule has 0 atom stereocenters. The molecule has 0 spiro atoms. The number of benzene rings is 3. The summed E-state index contributed by atoms with van der Waals surface area (Å²) < 4.78 is 0. The number of urea groups is 4. The molecule has 3 aromatic carbocycles. The van der Waals surface area contributed by atoms with Gasteiger partial charge in [0.15, 0.2) is 0 Å². The number of carboxylic acid groups (broad SMARTS) is 3. The van der Waals surface area contributed by atoms with Gasteiger partial charge in [-0.1, -0.05) is 54.4 Å². The number of pyridine rings is 7. The zero-order chi connectivity index (χ0) is 96.9. The van der Waals surface area contributed by atoms with E-state index in [1.165, 1.54) is 61.8 Å². The Labute approximate surface area is 783 Å². The molecule has 0 saturated heterocycles. The molecule has 21 N–H and O–H groups in total. The molecule has 0 radical (unpaired) electrons. The van der Waals surface area contributed by atoms with Gasteiger partial charge in [0.25, 0.3) is 23.6 Å². The Morgan fingerprint density at radius 2 is 0.728 bits per heavy atom. The van der Waals surface area contributed by atoms with Crippen LogP contribution in [0.4, 0.5) is 123 Å². The predicted octanol–water partition coefficient (Wildman–Crippen LogP) is 14.7. The first-order valence-electron chi connectivity index (χ1n) is 42.7. The van der Waals surface area contributed by atoms with E-state index in [-0.39, 0.29) is 70.9 Å². The summed E-state index contributed by atoms with van der Waals surface area (Å²) in [5.74, 6) is -2.89. The van der Waals surface area contributed by atoms with Gasteiger partial charge >= 0.3 is 42.0 Å². The lowest BCUT2D eigenvalue weighted by atomic mass is 9.69. The number of nitrogens with zero attached hydrogens (tertiary/aromatic N) is 11. The largest absolute Gasteiger partial charge is 0.481 e. The summed E-state index contributed by atoms with van der Waals surface area (Å²) in [7, 11) is 0. The van der Waals surface area contributed by atoms with Gasteiger partial charge in [-0.25, -0.2) is 63.8 Å². The predicted molar refractivity (Wildman–Crippen MR) is 515 cm³/mol. The first kappa shape index (κ1) is 98.9. The van der Waals surface area contributed by atoms with Gasteiger partial charge in [-0.2, -0.15) is 0 Å². The second-order valence-electron chi connectivity index (χ2n) is 30.1. The lowest BCUT2D eigenvalue weighted by Crippen LogP contribution is -2.52. The average molecular weight is 1870 g/mol. The highest BCUT2D eigenvalue weighted by molar-refractivity contribution is 6.30. The molecule has 702 valence electrons. The number of aryl methyl sites for hydroxylation is 2. The molecule has 2 saturated carbocycles. The van der Waals surface area contributed by atoms with Crippen LogP contribution in [0, 0.1) is 12.3 Å². The number of nitrogens with one attached hydrogen (secondary N) is 18. The van der Waals surface area contributed by atoms with Crippen molar-refractivity contribution in [3.63, 3.8) is 0 Å². The van der Waals surface area contributed by atoms with Gasteiger partial charge in [-0.05, 0) is 152 Å². The molecular weight excluding hydrogens is 1770 g/mol. The second-order valence-corrected chi connectivity index (χ2v) is 30.5. The molecule has 9 heterocycles. The van der Waals surface area contributed by atoms with Gasteiger partial charge in [0.1, 0.15) is 28.8 Å². The Morgan fingerprint density at radius 1 is 0.360 bits per heavy atom. The first-order valence-corrected chi connectivity index (χ1v) is 43.0. The van der Waals surface area contributed by atoms with Gasteiger partial charge in [0.05, 0.1) is 129 Å². The third-order valence-electron chi connectivity index (χ3n) is 20.1. The van der Waals surface area contributed by atoms with Gasteiger partial charge < -0.3 is 89.8 Å². The van der Waals surface area contributed by atoms with Crippen molar-refractivity contribution in [1.29, 1.82) is 0 Å². The molecule has 44 heteroatoms. The number of carbonyl (C=O) groups is 11. The van der Waals surface area contributed by atoms with Crippen molar-refractivity contribution in [3.05, 3.63) is 259 Å². The lowest BCUT2D eigenvalue weighted by molar-refractivity contribution is -0.153. The lowest BCUT2D eigenvalue weighted by Gasteiger charge is -2.38. The number of hydrogen-bond acceptors (Lipinski definition) is 28. The van der Waals surface area contributed by atoms with Crippen LogP contribution in [-0.2, 0) is 20.8 Å². The minimum absolute atomic E-state index is 0.0183. The Hall–Kier alpha value is -17.7. The van der Waals surface area contributed by atoms with E-state index < -0.39 is 64.7 Å². The van der Waals surface area contributed by atoms with Crippen LogP contribution in [0.5, 0.6) is 0 Å². The molecule has 2 fully saturated rings. The van der Waals surface area contributed by atoms with Crippen LogP contribution >= 0.6 is 11.6 Å². The van der Waals surface area contributed by atoms with Gasteiger partial charge in [0, 0.05) is 128 Å².